The van der Waals surface area contributed by atoms with Crippen LogP contribution in [0.4, 0.5) is 0 Å². The van der Waals surface area contributed by atoms with Crippen molar-refractivity contribution in [1.82, 2.24) is 5.32 Å². The van der Waals surface area contributed by atoms with Crippen molar-refractivity contribution in [3.63, 3.8) is 0 Å². The van der Waals surface area contributed by atoms with Crippen LogP contribution in [0.2, 0.25) is 0 Å². The lowest BCUT2D eigenvalue weighted by atomic mass is 9.90. The zero-order valence-electron chi connectivity index (χ0n) is 10.3. The first-order chi connectivity index (χ1) is 6.65. The van der Waals surface area contributed by atoms with Crippen molar-refractivity contribution in [2.24, 2.45) is 17.8 Å². The first kappa shape index (κ1) is 12.0. The van der Waals surface area contributed by atoms with Crippen LogP contribution in [0.15, 0.2) is 0 Å². The lowest BCUT2D eigenvalue weighted by Gasteiger charge is -2.26. The van der Waals surface area contributed by atoms with E-state index in [2.05, 4.69) is 33.0 Å². The average molecular weight is 197 g/mol. The molecule has 0 heterocycles. The van der Waals surface area contributed by atoms with E-state index >= 15 is 0 Å². The number of hydrogen-bond acceptors (Lipinski definition) is 1. The van der Waals surface area contributed by atoms with Gasteiger partial charge in [0.05, 0.1) is 0 Å². The average Bonchev–Trinajstić information content (AvgIpc) is 2.93. The molecule has 84 valence electrons. The van der Waals surface area contributed by atoms with E-state index in [4.69, 9.17) is 0 Å². The quantitative estimate of drug-likeness (QED) is 0.659. The van der Waals surface area contributed by atoms with Gasteiger partial charge >= 0.3 is 0 Å². The van der Waals surface area contributed by atoms with E-state index in [-0.39, 0.29) is 0 Å². The molecule has 1 heteroatoms. The minimum Gasteiger partial charge on any atom is -0.314 e. The van der Waals surface area contributed by atoms with Gasteiger partial charge in [-0.3, -0.25) is 0 Å². The highest BCUT2D eigenvalue weighted by molar-refractivity contribution is 4.86. The molecule has 0 radical (unpaired) electrons. The van der Waals surface area contributed by atoms with Gasteiger partial charge < -0.3 is 5.32 Å². The summed E-state index contributed by atoms with van der Waals surface area (Å²) in [6, 6.07) is 0.766. The van der Waals surface area contributed by atoms with E-state index in [9.17, 15) is 0 Å². The van der Waals surface area contributed by atoms with Crippen molar-refractivity contribution in [2.75, 3.05) is 6.54 Å². The second kappa shape index (κ2) is 5.75. The molecule has 1 saturated carbocycles. The summed E-state index contributed by atoms with van der Waals surface area (Å²) in [6.45, 7) is 10.5. The normalized spacial score (nSPS) is 21.2. The topological polar surface area (TPSA) is 12.0 Å². The lowest BCUT2D eigenvalue weighted by molar-refractivity contribution is 0.297. The molecule has 0 aliphatic heterocycles. The summed E-state index contributed by atoms with van der Waals surface area (Å²) < 4.78 is 0. The Bertz CT molecular complexity index is 149. The van der Waals surface area contributed by atoms with Gasteiger partial charge in [0, 0.05) is 6.04 Å². The van der Waals surface area contributed by atoms with Gasteiger partial charge in [0.2, 0.25) is 0 Å². The Morgan fingerprint density at radius 1 is 1.21 bits per heavy atom. The molecule has 14 heavy (non-hydrogen) atoms. The van der Waals surface area contributed by atoms with E-state index in [1.165, 1.54) is 32.2 Å². The fourth-order valence-electron chi connectivity index (χ4n) is 2.27. The van der Waals surface area contributed by atoms with E-state index in [1.807, 2.05) is 0 Å². The molecule has 1 N–H and O–H groups in total. The molecule has 0 spiro atoms. The zero-order chi connectivity index (χ0) is 10.6. The van der Waals surface area contributed by atoms with E-state index in [0.29, 0.717) is 0 Å². The maximum absolute atomic E-state index is 3.72. The van der Waals surface area contributed by atoms with Crippen LogP contribution < -0.4 is 5.32 Å². The first-order valence-electron chi connectivity index (χ1n) is 6.38. The van der Waals surface area contributed by atoms with Crippen molar-refractivity contribution < 1.29 is 0 Å². The highest BCUT2D eigenvalue weighted by atomic mass is 14.9. The van der Waals surface area contributed by atoms with Gasteiger partial charge in [-0.25, -0.2) is 0 Å². The summed E-state index contributed by atoms with van der Waals surface area (Å²) >= 11 is 0. The van der Waals surface area contributed by atoms with Gasteiger partial charge in [0.15, 0.2) is 0 Å². The van der Waals surface area contributed by atoms with Crippen molar-refractivity contribution in [1.29, 1.82) is 0 Å². The van der Waals surface area contributed by atoms with Crippen LogP contribution in [0.5, 0.6) is 0 Å². The molecule has 1 aliphatic rings. The third kappa shape index (κ3) is 4.00. The van der Waals surface area contributed by atoms with Crippen molar-refractivity contribution >= 4 is 0 Å². The molecule has 2 unspecified atom stereocenters. The largest absolute Gasteiger partial charge is 0.314 e. The van der Waals surface area contributed by atoms with Crippen LogP contribution in [-0.2, 0) is 0 Å². The van der Waals surface area contributed by atoms with Crippen molar-refractivity contribution in [2.45, 2.75) is 59.4 Å². The second-order valence-corrected chi connectivity index (χ2v) is 5.39. The lowest BCUT2D eigenvalue weighted by Crippen LogP contribution is -2.37. The number of rotatable bonds is 7. The van der Waals surface area contributed by atoms with Crippen molar-refractivity contribution in [3.8, 4) is 0 Å². The Morgan fingerprint density at radius 3 is 2.29 bits per heavy atom. The minimum absolute atomic E-state index is 0.766. The first-order valence-corrected chi connectivity index (χ1v) is 6.38. The summed E-state index contributed by atoms with van der Waals surface area (Å²) in [7, 11) is 0. The predicted molar refractivity (Wildman–Crippen MR) is 63.4 cm³/mol. The van der Waals surface area contributed by atoms with Crippen LogP contribution in [0.3, 0.4) is 0 Å². The standard InChI is InChI=1S/C13H27N/c1-5-8-14-13(9-10(2)3)11(4)12-6-7-12/h10-14H,5-9H2,1-4H3. The summed E-state index contributed by atoms with van der Waals surface area (Å²) in [6.07, 6.45) is 5.55. The smallest absolute Gasteiger partial charge is 0.00977 e. The van der Waals surface area contributed by atoms with Gasteiger partial charge in [-0.1, -0.05) is 27.7 Å². The maximum Gasteiger partial charge on any atom is 0.00977 e. The Labute approximate surface area is 89.7 Å². The molecular formula is C13H27N. The van der Waals surface area contributed by atoms with Gasteiger partial charge in [-0.2, -0.15) is 0 Å². The Morgan fingerprint density at radius 2 is 1.86 bits per heavy atom. The van der Waals surface area contributed by atoms with Gasteiger partial charge in [0.25, 0.3) is 0 Å². The van der Waals surface area contributed by atoms with E-state index in [1.54, 1.807) is 0 Å². The van der Waals surface area contributed by atoms with E-state index < -0.39 is 0 Å². The molecule has 1 aliphatic carbocycles. The molecular weight excluding hydrogens is 170 g/mol. The number of hydrogen-bond donors (Lipinski definition) is 1. The molecule has 1 nitrogen and oxygen atoms in total. The minimum atomic E-state index is 0.766. The highest BCUT2D eigenvalue weighted by Crippen LogP contribution is 2.39. The van der Waals surface area contributed by atoms with Gasteiger partial charge in [-0.05, 0) is 50.0 Å². The fourth-order valence-corrected chi connectivity index (χ4v) is 2.27. The van der Waals surface area contributed by atoms with Crippen LogP contribution in [-0.4, -0.2) is 12.6 Å². The third-order valence-corrected chi connectivity index (χ3v) is 3.38. The predicted octanol–water partition coefficient (Wildman–Crippen LogP) is 3.45. The highest BCUT2D eigenvalue weighted by Gasteiger charge is 2.32. The molecule has 0 amide bonds. The summed E-state index contributed by atoms with van der Waals surface area (Å²) in [5.41, 5.74) is 0. The Balaban J connectivity index is 2.33. The molecule has 1 rings (SSSR count). The summed E-state index contributed by atoms with van der Waals surface area (Å²) in [5, 5.41) is 3.72. The fraction of sp³-hybridized carbons (Fsp3) is 1.00. The van der Waals surface area contributed by atoms with E-state index in [0.717, 1.165) is 23.8 Å². The molecule has 0 aromatic carbocycles. The van der Waals surface area contributed by atoms with Gasteiger partial charge in [-0.15, -0.1) is 0 Å². The SMILES string of the molecule is CCCNC(CC(C)C)C(C)C1CC1. The molecule has 0 saturated heterocycles. The maximum atomic E-state index is 3.72. The number of nitrogens with one attached hydrogen (secondary N) is 1. The molecule has 2 atom stereocenters. The molecule has 0 aromatic rings. The van der Waals surface area contributed by atoms with Crippen molar-refractivity contribution in [3.05, 3.63) is 0 Å². The Kier molecular flexibility index (Phi) is 4.94. The molecule has 0 aromatic heterocycles. The van der Waals surface area contributed by atoms with Crippen LogP contribution in [0.25, 0.3) is 0 Å². The van der Waals surface area contributed by atoms with Crippen LogP contribution in [0, 0.1) is 17.8 Å². The van der Waals surface area contributed by atoms with Gasteiger partial charge in [0.1, 0.15) is 0 Å². The second-order valence-electron chi connectivity index (χ2n) is 5.39. The summed E-state index contributed by atoms with van der Waals surface area (Å²) in [5.74, 6) is 2.75. The zero-order valence-corrected chi connectivity index (χ0v) is 10.3. The third-order valence-electron chi connectivity index (χ3n) is 3.38. The summed E-state index contributed by atoms with van der Waals surface area (Å²) in [4.78, 5) is 0. The molecule has 0 bridgehead atoms. The van der Waals surface area contributed by atoms with Crippen LogP contribution in [0.1, 0.15) is 53.4 Å². The van der Waals surface area contributed by atoms with Crippen LogP contribution >= 0.6 is 0 Å². The Hall–Kier alpha value is -0.0400. The monoisotopic (exact) mass is 197 g/mol. The molecule has 1 fully saturated rings.